The van der Waals surface area contributed by atoms with E-state index in [9.17, 15) is 9.59 Å². The molecule has 0 saturated carbocycles. The standard InChI is InChI=1S/C24H24N2O5/c1-29-20-11-13-22(14-12-20)31-17-24(28)25-15-23(27)26-19-7-9-21(10-8-19)30-16-18-5-3-2-4-6-18/h2-14H,15-17H2,1H3,(H,25,28)(H,26,27). The molecule has 0 unspecified atom stereocenters. The van der Waals surface area contributed by atoms with Crippen molar-refractivity contribution in [2.75, 3.05) is 25.6 Å². The maximum Gasteiger partial charge on any atom is 0.258 e. The molecule has 3 rings (SSSR count). The Kier molecular flexibility index (Phi) is 7.88. The summed E-state index contributed by atoms with van der Waals surface area (Å²) in [5, 5.41) is 5.24. The Bertz CT molecular complexity index is 973. The molecule has 0 saturated heterocycles. The van der Waals surface area contributed by atoms with Crippen LogP contribution in [-0.4, -0.2) is 32.1 Å². The zero-order chi connectivity index (χ0) is 21.9. The zero-order valence-corrected chi connectivity index (χ0v) is 17.2. The number of ether oxygens (including phenoxy) is 3. The topological polar surface area (TPSA) is 85.9 Å². The Labute approximate surface area is 180 Å². The first-order valence-corrected chi connectivity index (χ1v) is 9.72. The number of hydrogen-bond donors (Lipinski definition) is 2. The quantitative estimate of drug-likeness (QED) is 0.525. The van der Waals surface area contributed by atoms with Crippen LogP contribution in [0.3, 0.4) is 0 Å². The minimum absolute atomic E-state index is 0.156. The molecule has 2 N–H and O–H groups in total. The third-order valence-corrected chi connectivity index (χ3v) is 4.26. The summed E-state index contributed by atoms with van der Waals surface area (Å²) in [6, 6.07) is 23.8. The van der Waals surface area contributed by atoms with Crippen molar-refractivity contribution in [1.29, 1.82) is 0 Å². The second kappa shape index (κ2) is 11.3. The molecule has 2 amide bonds. The first-order chi connectivity index (χ1) is 15.1. The molecular weight excluding hydrogens is 396 g/mol. The lowest BCUT2D eigenvalue weighted by Crippen LogP contribution is -2.35. The Morgan fingerprint density at radius 3 is 2.03 bits per heavy atom. The van der Waals surface area contributed by atoms with Crippen molar-refractivity contribution in [1.82, 2.24) is 5.32 Å². The van der Waals surface area contributed by atoms with Gasteiger partial charge >= 0.3 is 0 Å². The number of methoxy groups -OCH3 is 1. The number of carbonyl (C=O) groups excluding carboxylic acids is 2. The van der Waals surface area contributed by atoms with E-state index in [0.29, 0.717) is 29.5 Å². The van der Waals surface area contributed by atoms with Gasteiger partial charge in [-0.25, -0.2) is 0 Å². The first kappa shape index (κ1) is 21.7. The van der Waals surface area contributed by atoms with E-state index < -0.39 is 5.91 Å². The van der Waals surface area contributed by atoms with Crippen molar-refractivity contribution in [2.45, 2.75) is 6.61 Å². The molecule has 0 atom stereocenters. The van der Waals surface area contributed by atoms with E-state index in [1.54, 1.807) is 55.6 Å². The van der Waals surface area contributed by atoms with E-state index in [1.165, 1.54) is 0 Å². The van der Waals surface area contributed by atoms with Gasteiger partial charge in [0.25, 0.3) is 5.91 Å². The molecule has 31 heavy (non-hydrogen) atoms. The number of nitrogens with one attached hydrogen (secondary N) is 2. The van der Waals surface area contributed by atoms with Gasteiger partial charge in [0.05, 0.1) is 13.7 Å². The Morgan fingerprint density at radius 1 is 0.742 bits per heavy atom. The lowest BCUT2D eigenvalue weighted by atomic mass is 10.2. The maximum absolute atomic E-state index is 12.0. The van der Waals surface area contributed by atoms with E-state index in [0.717, 1.165) is 5.56 Å². The Balaban J connectivity index is 1.36. The van der Waals surface area contributed by atoms with E-state index in [-0.39, 0.29) is 19.1 Å². The minimum atomic E-state index is -0.393. The summed E-state index contributed by atoms with van der Waals surface area (Å²) in [6.45, 7) is 0.126. The van der Waals surface area contributed by atoms with Crippen LogP contribution in [0.1, 0.15) is 5.56 Å². The van der Waals surface area contributed by atoms with Crippen LogP contribution in [0.15, 0.2) is 78.9 Å². The van der Waals surface area contributed by atoms with Crippen molar-refractivity contribution in [2.24, 2.45) is 0 Å². The molecule has 0 fully saturated rings. The molecule has 3 aromatic rings. The molecule has 0 radical (unpaired) electrons. The van der Waals surface area contributed by atoms with Gasteiger partial charge in [0.15, 0.2) is 6.61 Å². The normalized spacial score (nSPS) is 10.1. The Hall–Kier alpha value is -4.00. The first-order valence-electron chi connectivity index (χ1n) is 9.72. The highest BCUT2D eigenvalue weighted by Crippen LogP contribution is 2.18. The molecule has 7 nitrogen and oxygen atoms in total. The fourth-order valence-corrected chi connectivity index (χ4v) is 2.63. The maximum atomic E-state index is 12.0. The molecule has 7 heteroatoms. The molecule has 0 spiro atoms. The molecular formula is C24H24N2O5. The minimum Gasteiger partial charge on any atom is -0.497 e. The van der Waals surface area contributed by atoms with Gasteiger partial charge in [-0.1, -0.05) is 30.3 Å². The van der Waals surface area contributed by atoms with Gasteiger partial charge in [0.2, 0.25) is 5.91 Å². The fourth-order valence-electron chi connectivity index (χ4n) is 2.63. The number of anilines is 1. The predicted octanol–water partition coefficient (Wildman–Crippen LogP) is 3.41. The van der Waals surface area contributed by atoms with Gasteiger partial charge in [0.1, 0.15) is 23.9 Å². The molecule has 0 aliphatic carbocycles. The van der Waals surface area contributed by atoms with Gasteiger partial charge in [-0.05, 0) is 54.1 Å². The summed E-state index contributed by atoms with van der Waals surface area (Å²) >= 11 is 0. The van der Waals surface area contributed by atoms with Crippen LogP contribution in [0.5, 0.6) is 17.2 Å². The van der Waals surface area contributed by atoms with E-state index in [4.69, 9.17) is 14.2 Å². The molecule has 160 valence electrons. The van der Waals surface area contributed by atoms with Crippen LogP contribution in [0.25, 0.3) is 0 Å². The fraction of sp³-hybridized carbons (Fsp3) is 0.167. The summed E-state index contributed by atoms with van der Waals surface area (Å²) < 4.78 is 16.1. The average molecular weight is 420 g/mol. The highest BCUT2D eigenvalue weighted by molar-refractivity contribution is 5.94. The van der Waals surface area contributed by atoms with Gasteiger partial charge < -0.3 is 24.8 Å². The molecule has 0 aliphatic heterocycles. The summed E-state index contributed by atoms with van der Waals surface area (Å²) in [5.41, 5.74) is 1.69. The Morgan fingerprint density at radius 2 is 1.35 bits per heavy atom. The number of carbonyl (C=O) groups is 2. The number of rotatable bonds is 10. The van der Waals surface area contributed by atoms with Gasteiger partial charge in [-0.3, -0.25) is 9.59 Å². The van der Waals surface area contributed by atoms with Gasteiger partial charge in [-0.15, -0.1) is 0 Å². The predicted molar refractivity (Wildman–Crippen MR) is 117 cm³/mol. The van der Waals surface area contributed by atoms with Crippen molar-refractivity contribution in [3.63, 3.8) is 0 Å². The monoisotopic (exact) mass is 420 g/mol. The number of amides is 2. The van der Waals surface area contributed by atoms with E-state index in [1.807, 2.05) is 30.3 Å². The van der Waals surface area contributed by atoms with Crippen molar-refractivity contribution < 1.29 is 23.8 Å². The highest BCUT2D eigenvalue weighted by Gasteiger charge is 2.07. The number of benzene rings is 3. The van der Waals surface area contributed by atoms with Crippen LogP contribution in [0, 0.1) is 0 Å². The van der Waals surface area contributed by atoms with Crippen LogP contribution in [0.2, 0.25) is 0 Å². The van der Waals surface area contributed by atoms with Crippen molar-refractivity contribution >= 4 is 17.5 Å². The molecule has 3 aromatic carbocycles. The molecule has 0 aliphatic rings. The molecule has 0 aromatic heterocycles. The van der Waals surface area contributed by atoms with E-state index >= 15 is 0 Å². The summed E-state index contributed by atoms with van der Waals surface area (Å²) in [4.78, 5) is 23.9. The zero-order valence-electron chi connectivity index (χ0n) is 17.2. The third kappa shape index (κ3) is 7.40. The summed E-state index contributed by atoms with van der Waals surface area (Å²) in [6.07, 6.45) is 0. The van der Waals surface area contributed by atoms with Crippen molar-refractivity contribution in [3.05, 3.63) is 84.4 Å². The van der Waals surface area contributed by atoms with E-state index in [2.05, 4.69) is 10.6 Å². The van der Waals surface area contributed by atoms with Crippen LogP contribution in [-0.2, 0) is 16.2 Å². The number of hydrogen-bond acceptors (Lipinski definition) is 5. The van der Waals surface area contributed by atoms with Crippen LogP contribution >= 0.6 is 0 Å². The molecule has 0 bridgehead atoms. The van der Waals surface area contributed by atoms with Crippen molar-refractivity contribution in [3.8, 4) is 17.2 Å². The second-order valence-electron chi connectivity index (χ2n) is 6.59. The lowest BCUT2D eigenvalue weighted by Gasteiger charge is -2.10. The third-order valence-electron chi connectivity index (χ3n) is 4.26. The second-order valence-corrected chi connectivity index (χ2v) is 6.59. The van der Waals surface area contributed by atoms with Gasteiger partial charge in [0, 0.05) is 5.69 Å². The highest BCUT2D eigenvalue weighted by atomic mass is 16.5. The summed E-state index contributed by atoms with van der Waals surface area (Å²) in [5.74, 6) is 1.21. The lowest BCUT2D eigenvalue weighted by molar-refractivity contribution is -0.125. The van der Waals surface area contributed by atoms with Crippen LogP contribution in [0.4, 0.5) is 5.69 Å². The van der Waals surface area contributed by atoms with Gasteiger partial charge in [-0.2, -0.15) is 0 Å². The smallest absolute Gasteiger partial charge is 0.258 e. The average Bonchev–Trinajstić information content (AvgIpc) is 2.82. The SMILES string of the molecule is COc1ccc(OCC(=O)NCC(=O)Nc2ccc(OCc3ccccc3)cc2)cc1. The largest absolute Gasteiger partial charge is 0.497 e. The molecule has 0 heterocycles. The van der Waals surface area contributed by atoms with Crippen LogP contribution < -0.4 is 24.8 Å². The summed E-state index contributed by atoms with van der Waals surface area (Å²) in [7, 11) is 1.57.